The summed E-state index contributed by atoms with van der Waals surface area (Å²) in [4.78, 5) is 11.6. The minimum atomic E-state index is -0.278. The van der Waals surface area contributed by atoms with Gasteiger partial charge in [-0.25, -0.2) is 0 Å². The van der Waals surface area contributed by atoms with Crippen molar-refractivity contribution in [1.82, 2.24) is 5.32 Å². The smallest absolute Gasteiger partial charge is 0.258 e. The van der Waals surface area contributed by atoms with Crippen molar-refractivity contribution < 1.29 is 4.79 Å². The van der Waals surface area contributed by atoms with Gasteiger partial charge in [0.15, 0.2) is 5.37 Å². The summed E-state index contributed by atoms with van der Waals surface area (Å²) >= 11 is 1.45. The molecule has 0 aromatic heterocycles. The molecule has 1 atom stereocenters. The summed E-state index contributed by atoms with van der Waals surface area (Å²) < 4.78 is 0. The molecule has 1 aliphatic heterocycles. The van der Waals surface area contributed by atoms with Crippen LogP contribution in [0.15, 0.2) is 41.4 Å². The van der Waals surface area contributed by atoms with Crippen molar-refractivity contribution in [3.63, 3.8) is 0 Å². The van der Waals surface area contributed by atoms with E-state index in [1.54, 1.807) is 6.08 Å². The number of para-hydroxylation sites is 1. The average molecular weight is 235 g/mol. The maximum Gasteiger partial charge on any atom is 0.258 e. The SMILES string of the molecule is NC/C=C1\NC(=O)C(Nc2ccccc2)S1. The number of carbonyl (C=O) groups excluding carboxylic acids is 1. The van der Waals surface area contributed by atoms with Crippen LogP contribution in [0.2, 0.25) is 0 Å². The molecule has 1 amide bonds. The van der Waals surface area contributed by atoms with Gasteiger partial charge in [-0.05, 0) is 18.2 Å². The zero-order chi connectivity index (χ0) is 11.4. The van der Waals surface area contributed by atoms with Gasteiger partial charge in [0.05, 0.1) is 5.03 Å². The van der Waals surface area contributed by atoms with Gasteiger partial charge < -0.3 is 16.4 Å². The zero-order valence-electron chi connectivity index (χ0n) is 8.64. The summed E-state index contributed by atoms with van der Waals surface area (Å²) in [7, 11) is 0. The molecule has 84 valence electrons. The summed E-state index contributed by atoms with van der Waals surface area (Å²) in [5.41, 5.74) is 6.32. The van der Waals surface area contributed by atoms with E-state index in [-0.39, 0.29) is 11.3 Å². The summed E-state index contributed by atoms with van der Waals surface area (Å²) in [6, 6.07) is 9.65. The summed E-state index contributed by atoms with van der Waals surface area (Å²) in [6.07, 6.45) is 1.80. The van der Waals surface area contributed by atoms with Crippen LogP contribution in [0.3, 0.4) is 0 Å². The second kappa shape index (κ2) is 5.05. The third kappa shape index (κ3) is 2.56. The van der Waals surface area contributed by atoms with E-state index in [4.69, 9.17) is 5.73 Å². The molecule has 4 N–H and O–H groups in total. The number of nitrogens with two attached hydrogens (primary N) is 1. The lowest BCUT2D eigenvalue weighted by Gasteiger charge is -2.09. The standard InChI is InChI=1S/C11H13N3OS/c12-7-6-9-14-10(15)11(16-9)13-8-4-2-1-3-5-8/h1-6,11,13H,7,12H2,(H,14,15)/b9-6+. The number of thioether (sulfide) groups is 1. The van der Waals surface area contributed by atoms with Crippen molar-refractivity contribution in [2.24, 2.45) is 5.73 Å². The second-order valence-corrected chi connectivity index (χ2v) is 4.45. The number of anilines is 1. The van der Waals surface area contributed by atoms with Crippen molar-refractivity contribution in [1.29, 1.82) is 0 Å². The Kier molecular flexibility index (Phi) is 3.48. The van der Waals surface area contributed by atoms with Crippen LogP contribution in [0.25, 0.3) is 0 Å². The van der Waals surface area contributed by atoms with Gasteiger partial charge in [0.1, 0.15) is 0 Å². The number of rotatable bonds is 3. The average Bonchev–Trinajstić information content (AvgIpc) is 2.61. The first-order valence-electron chi connectivity index (χ1n) is 4.99. The fourth-order valence-corrected chi connectivity index (χ4v) is 2.35. The van der Waals surface area contributed by atoms with Crippen molar-refractivity contribution in [3.05, 3.63) is 41.4 Å². The lowest BCUT2D eigenvalue weighted by molar-refractivity contribution is -0.118. The Bertz CT molecular complexity index is 405. The highest BCUT2D eigenvalue weighted by atomic mass is 32.2. The molecule has 4 nitrogen and oxygen atoms in total. The number of nitrogens with one attached hydrogen (secondary N) is 2. The Hall–Kier alpha value is -1.46. The van der Waals surface area contributed by atoms with Crippen LogP contribution in [0, 0.1) is 0 Å². The molecule has 1 saturated heterocycles. The van der Waals surface area contributed by atoms with Gasteiger partial charge in [0.2, 0.25) is 0 Å². The van der Waals surface area contributed by atoms with E-state index in [1.165, 1.54) is 11.8 Å². The fourth-order valence-electron chi connectivity index (χ4n) is 1.38. The highest BCUT2D eigenvalue weighted by molar-refractivity contribution is 8.04. The topological polar surface area (TPSA) is 67.1 Å². The van der Waals surface area contributed by atoms with Gasteiger partial charge >= 0.3 is 0 Å². The predicted octanol–water partition coefficient (Wildman–Crippen LogP) is 1.09. The van der Waals surface area contributed by atoms with Crippen LogP contribution in [0.1, 0.15) is 0 Å². The molecular weight excluding hydrogens is 222 g/mol. The lowest BCUT2D eigenvalue weighted by atomic mass is 10.3. The molecule has 5 heteroatoms. The van der Waals surface area contributed by atoms with Gasteiger partial charge in [-0.2, -0.15) is 0 Å². The molecule has 1 fully saturated rings. The number of carbonyl (C=O) groups is 1. The van der Waals surface area contributed by atoms with Gasteiger partial charge in [-0.3, -0.25) is 4.79 Å². The fraction of sp³-hybridized carbons (Fsp3) is 0.182. The highest BCUT2D eigenvalue weighted by Gasteiger charge is 2.28. The lowest BCUT2D eigenvalue weighted by Crippen LogP contribution is -2.28. The van der Waals surface area contributed by atoms with Crippen molar-refractivity contribution >= 4 is 23.4 Å². The van der Waals surface area contributed by atoms with E-state index in [0.717, 1.165) is 10.7 Å². The molecule has 1 unspecified atom stereocenters. The largest absolute Gasteiger partial charge is 0.365 e. The summed E-state index contributed by atoms with van der Waals surface area (Å²) in [5, 5.41) is 6.46. The van der Waals surface area contributed by atoms with E-state index in [1.807, 2.05) is 30.3 Å². The van der Waals surface area contributed by atoms with Crippen molar-refractivity contribution in [2.75, 3.05) is 11.9 Å². The number of amides is 1. The van der Waals surface area contributed by atoms with Crippen LogP contribution in [-0.4, -0.2) is 17.8 Å². The first kappa shape index (κ1) is 11.0. The Morgan fingerprint density at radius 1 is 1.44 bits per heavy atom. The molecule has 0 bridgehead atoms. The molecule has 0 aliphatic carbocycles. The van der Waals surface area contributed by atoms with Crippen molar-refractivity contribution in [2.45, 2.75) is 5.37 Å². The zero-order valence-corrected chi connectivity index (χ0v) is 9.46. The van der Waals surface area contributed by atoms with E-state index >= 15 is 0 Å². The third-order valence-corrected chi connectivity index (χ3v) is 3.19. The van der Waals surface area contributed by atoms with Crippen LogP contribution >= 0.6 is 11.8 Å². The number of benzene rings is 1. The van der Waals surface area contributed by atoms with Crippen LogP contribution < -0.4 is 16.4 Å². The van der Waals surface area contributed by atoms with Gasteiger partial charge in [-0.15, -0.1) is 0 Å². The second-order valence-electron chi connectivity index (χ2n) is 3.30. The van der Waals surface area contributed by atoms with Gasteiger partial charge in [0, 0.05) is 12.2 Å². The molecule has 1 aliphatic rings. The molecule has 1 aromatic carbocycles. The Labute approximate surface area is 98.3 Å². The Morgan fingerprint density at radius 2 is 2.19 bits per heavy atom. The molecule has 0 spiro atoms. The third-order valence-electron chi connectivity index (χ3n) is 2.10. The molecule has 16 heavy (non-hydrogen) atoms. The van der Waals surface area contributed by atoms with Crippen LogP contribution in [0.4, 0.5) is 5.69 Å². The first-order valence-corrected chi connectivity index (χ1v) is 5.87. The Morgan fingerprint density at radius 3 is 2.88 bits per heavy atom. The van der Waals surface area contributed by atoms with E-state index in [2.05, 4.69) is 10.6 Å². The normalized spacial score (nSPS) is 22.2. The number of hydrogen-bond donors (Lipinski definition) is 3. The minimum Gasteiger partial charge on any atom is -0.365 e. The maximum absolute atomic E-state index is 11.6. The monoisotopic (exact) mass is 235 g/mol. The molecule has 1 heterocycles. The molecule has 0 radical (unpaired) electrons. The van der Waals surface area contributed by atoms with Gasteiger partial charge in [-0.1, -0.05) is 30.0 Å². The van der Waals surface area contributed by atoms with E-state index < -0.39 is 0 Å². The quantitative estimate of drug-likeness (QED) is 0.733. The molecule has 2 rings (SSSR count). The van der Waals surface area contributed by atoms with Crippen LogP contribution in [0.5, 0.6) is 0 Å². The highest BCUT2D eigenvalue weighted by Crippen LogP contribution is 2.27. The predicted molar refractivity (Wildman–Crippen MR) is 66.7 cm³/mol. The molecule has 1 aromatic rings. The van der Waals surface area contributed by atoms with E-state index in [9.17, 15) is 4.79 Å². The van der Waals surface area contributed by atoms with E-state index in [0.29, 0.717) is 6.54 Å². The molecular formula is C11H13N3OS. The van der Waals surface area contributed by atoms with Crippen LogP contribution in [-0.2, 0) is 4.79 Å². The van der Waals surface area contributed by atoms with Gasteiger partial charge in [0.25, 0.3) is 5.91 Å². The summed E-state index contributed by atoms with van der Waals surface area (Å²) in [6.45, 7) is 0.431. The minimum absolute atomic E-state index is 0.0337. The number of hydrogen-bond acceptors (Lipinski definition) is 4. The Balaban J connectivity index is 2.02. The molecule has 0 saturated carbocycles. The first-order chi connectivity index (χ1) is 7.79. The maximum atomic E-state index is 11.6. The van der Waals surface area contributed by atoms with Crippen molar-refractivity contribution in [3.8, 4) is 0 Å². The summed E-state index contributed by atoms with van der Waals surface area (Å²) in [5.74, 6) is -0.0337.